The van der Waals surface area contributed by atoms with Crippen molar-refractivity contribution in [2.45, 2.75) is 39.2 Å². The Bertz CT molecular complexity index is 923. The van der Waals surface area contributed by atoms with Crippen LogP contribution in [-0.2, 0) is 4.74 Å². The quantitative estimate of drug-likeness (QED) is 0.512. The summed E-state index contributed by atoms with van der Waals surface area (Å²) in [5.41, 5.74) is -1.35. The van der Waals surface area contributed by atoms with Crippen LogP contribution in [0.3, 0.4) is 0 Å². The number of nitrogens with zero attached hydrogens (tertiary/aromatic N) is 2. The molecule has 2 rings (SSSR count). The van der Waals surface area contributed by atoms with Gasteiger partial charge < -0.3 is 25.6 Å². The Balaban J connectivity index is 1.91. The molecule has 4 N–H and O–H groups in total. The molecular formula is C19H24N4O6. The number of hydrogen-bond donors (Lipinski definition) is 4. The molecule has 2 heterocycles. The first-order chi connectivity index (χ1) is 13.6. The molecule has 0 aliphatic rings. The smallest absolute Gasteiger partial charge is 0.407 e. The Morgan fingerprint density at radius 1 is 1.10 bits per heavy atom. The summed E-state index contributed by atoms with van der Waals surface area (Å²) in [6.45, 7) is 5.92. The van der Waals surface area contributed by atoms with Crippen LogP contribution >= 0.6 is 0 Å². The highest BCUT2D eigenvalue weighted by Gasteiger charge is 2.22. The lowest BCUT2D eigenvalue weighted by Crippen LogP contribution is -2.33. The number of carboxylic acid groups (broad SMARTS) is 1. The van der Waals surface area contributed by atoms with E-state index in [4.69, 9.17) is 4.74 Å². The predicted molar refractivity (Wildman–Crippen MR) is 104 cm³/mol. The summed E-state index contributed by atoms with van der Waals surface area (Å²) < 4.78 is 5.11. The maximum atomic E-state index is 12.3. The number of pyridine rings is 2. The molecule has 29 heavy (non-hydrogen) atoms. The zero-order valence-electron chi connectivity index (χ0n) is 16.5. The van der Waals surface area contributed by atoms with Crippen LogP contribution in [0.5, 0.6) is 5.75 Å². The number of alkyl carbamates (subject to hydrolysis) is 1. The standard InChI is InChI=1S/C19H24N4O6/c1-19(2,3)29-18(28)22-9-5-4-8-21-16(25)14-15(24)12-11(7-6-10-20-12)13(23-14)17(26)27/h6-7,10,24H,4-5,8-9H2,1-3H3,(H,21,25)(H,22,28)(H,26,27). The summed E-state index contributed by atoms with van der Waals surface area (Å²) in [7, 11) is 0. The minimum atomic E-state index is -1.33. The number of carboxylic acids is 1. The highest BCUT2D eigenvalue weighted by Crippen LogP contribution is 2.27. The zero-order valence-corrected chi connectivity index (χ0v) is 16.5. The molecule has 0 aliphatic carbocycles. The van der Waals surface area contributed by atoms with Gasteiger partial charge in [-0.3, -0.25) is 9.78 Å². The zero-order chi connectivity index (χ0) is 21.6. The topological polar surface area (TPSA) is 151 Å². The number of aromatic carboxylic acids is 1. The summed E-state index contributed by atoms with van der Waals surface area (Å²) in [4.78, 5) is 43.0. The predicted octanol–water partition coefficient (Wildman–Crippen LogP) is 2.07. The van der Waals surface area contributed by atoms with Crippen molar-refractivity contribution in [3.63, 3.8) is 0 Å². The number of ether oxygens (including phenoxy) is 1. The summed E-state index contributed by atoms with van der Waals surface area (Å²) in [6.07, 6.45) is 1.99. The third kappa shape index (κ3) is 6.03. The molecule has 2 aromatic heterocycles. The number of carbonyl (C=O) groups is 3. The van der Waals surface area contributed by atoms with Crippen LogP contribution in [0.4, 0.5) is 4.79 Å². The molecule has 10 heteroatoms. The average Bonchev–Trinajstić information content (AvgIpc) is 2.63. The van der Waals surface area contributed by atoms with Crippen LogP contribution in [-0.4, -0.2) is 56.8 Å². The minimum Gasteiger partial charge on any atom is -0.504 e. The summed E-state index contributed by atoms with van der Waals surface area (Å²) in [5.74, 6) is -2.52. The van der Waals surface area contributed by atoms with Gasteiger partial charge in [0.1, 0.15) is 11.1 Å². The normalized spacial score (nSPS) is 11.1. The van der Waals surface area contributed by atoms with Gasteiger partial charge >= 0.3 is 12.1 Å². The van der Waals surface area contributed by atoms with Crippen LogP contribution in [0, 0.1) is 0 Å². The van der Waals surface area contributed by atoms with E-state index in [0.717, 1.165) is 0 Å². The molecule has 10 nitrogen and oxygen atoms in total. The number of rotatable bonds is 7. The van der Waals surface area contributed by atoms with Crippen LogP contribution < -0.4 is 10.6 Å². The van der Waals surface area contributed by atoms with Crippen molar-refractivity contribution in [2.75, 3.05) is 13.1 Å². The number of unbranched alkanes of at least 4 members (excludes halogenated alkanes) is 1. The molecule has 156 valence electrons. The molecule has 0 saturated heterocycles. The fourth-order valence-corrected chi connectivity index (χ4v) is 2.48. The number of amides is 2. The summed E-state index contributed by atoms with van der Waals surface area (Å²) in [6, 6.07) is 2.97. The molecule has 0 fully saturated rings. The van der Waals surface area contributed by atoms with E-state index >= 15 is 0 Å². The van der Waals surface area contributed by atoms with Gasteiger partial charge in [-0.25, -0.2) is 14.6 Å². The van der Waals surface area contributed by atoms with E-state index in [-0.39, 0.29) is 23.1 Å². The number of aromatic hydroxyl groups is 1. The fourth-order valence-electron chi connectivity index (χ4n) is 2.48. The van der Waals surface area contributed by atoms with Crippen LogP contribution in [0.15, 0.2) is 18.3 Å². The Morgan fingerprint density at radius 3 is 2.38 bits per heavy atom. The van der Waals surface area contributed by atoms with Crippen molar-refractivity contribution < 1.29 is 29.3 Å². The fraction of sp³-hybridized carbons (Fsp3) is 0.421. The van der Waals surface area contributed by atoms with Gasteiger partial charge in [0.15, 0.2) is 17.1 Å². The Hall–Kier alpha value is -3.43. The number of carbonyl (C=O) groups excluding carboxylic acids is 2. The Morgan fingerprint density at radius 2 is 1.76 bits per heavy atom. The van der Waals surface area contributed by atoms with Gasteiger partial charge in [-0.05, 0) is 45.7 Å². The van der Waals surface area contributed by atoms with E-state index < -0.39 is 35.0 Å². The van der Waals surface area contributed by atoms with E-state index in [1.165, 1.54) is 18.3 Å². The van der Waals surface area contributed by atoms with Crippen LogP contribution in [0.2, 0.25) is 0 Å². The second-order valence-corrected chi connectivity index (χ2v) is 7.25. The summed E-state index contributed by atoms with van der Waals surface area (Å²) in [5, 5.41) is 24.9. The van der Waals surface area contributed by atoms with Crippen molar-refractivity contribution >= 4 is 28.9 Å². The van der Waals surface area contributed by atoms with Gasteiger partial charge in [-0.15, -0.1) is 0 Å². The highest BCUT2D eigenvalue weighted by atomic mass is 16.6. The van der Waals surface area contributed by atoms with Crippen molar-refractivity contribution in [3.8, 4) is 5.75 Å². The number of hydrogen-bond acceptors (Lipinski definition) is 7. The first-order valence-corrected chi connectivity index (χ1v) is 9.06. The minimum absolute atomic E-state index is 0.00777. The Labute approximate surface area is 167 Å². The molecule has 0 aromatic carbocycles. The SMILES string of the molecule is CC(C)(C)OC(=O)NCCCCNC(=O)c1nc(C(=O)O)c2cccnc2c1O. The third-order valence-electron chi connectivity index (χ3n) is 3.71. The van der Waals surface area contributed by atoms with Gasteiger partial charge in [0.05, 0.1) is 0 Å². The number of fused-ring (bicyclic) bond motifs is 1. The number of aromatic nitrogens is 2. The van der Waals surface area contributed by atoms with Gasteiger partial charge in [0.25, 0.3) is 5.91 Å². The molecule has 0 bridgehead atoms. The third-order valence-corrected chi connectivity index (χ3v) is 3.71. The first-order valence-electron chi connectivity index (χ1n) is 9.06. The number of nitrogens with one attached hydrogen (secondary N) is 2. The van der Waals surface area contributed by atoms with Crippen molar-refractivity contribution in [2.24, 2.45) is 0 Å². The maximum absolute atomic E-state index is 12.3. The summed E-state index contributed by atoms with van der Waals surface area (Å²) >= 11 is 0. The van der Waals surface area contributed by atoms with E-state index in [9.17, 15) is 24.6 Å². The van der Waals surface area contributed by atoms with E-state index in [1.807, 2.05) is 0 Å². The lowest BCUT2D eigenvalue weighted by atomic mass is 10.1. The molecule has 0 aliphatic heterocycles. The Kier molecular flexibility index (Phi) is 6.92. The lowest BCUT2D eigenvalue weighted by molar-refractivity contribution is 0.0525. The molecular weight excluding hydrogens is 380 g/mol. The van der Waals surface area contributed by atoms with Gasteiger partial charge in [0, 0.05) is 24.7 Å². The van der Waals surface area contributed by atoms with Gasteiger partial charge in [0.2, 0.25) is 0 Å². The molecule has 0 unspecified atom stereocenters. The van der Waals surface area contributed by atoms with Crippen molar-refractivity contribution in [3.05, 3.63) is 29.7 Å². The first kappa shape index (κ1) is 21.9. The van der Waals surface area contributed by atoms with Crippen molar-refractivity contribution in [1.29, 1.82) is 0 Å². The molecule has 0 spiro atoms. The second kappa shape index (κ2) is 9.18. The highest BCUT2D eigenvalue weighted by molar-refractivity contribution is 6.07. The second-order valence-electron chi connectivity index (χ2n) is 7.25. The molecule has 2 aromatic rings. The monoisotopic (exact) mass is 404 g/mol. The van der Waals surface area contributed by atoms with Crippen molar-refractivity contribution in [1.82, 2.24) is 20.6 Å². The van der Waals surface area contributed by atoms with Gasteiger partial charge in [-0.1, -0.05) is 0 Å². The maximum Gasteiger partial charge on any atom is 0.407 e. The van der Waals surface area contributed by atoms with E-state index in [2.05, 4.69) is 20.6 Å². The lowest BCUT2D eigenvalue weighted by Gasteiger charge is -2.19. The van der Waals surface area contributed by atoms with E-state index in [0.29, 0.717) is 19.4 Å². The van der Waals surface area contributed by atoms with Crippen LogP contribution in [0.1, 0.15) is 54.6 Å². The molecule has 0 saturated carbocycles. The largest absolute Gasteiger partial charge is 0.504 e. The van der Waals surface area contributed by atoms with Crippen LogP contribution in [0.25, 0.3) is 10.9 Å². The average molecular weight is 404 g/mol. The molecule has 0 atom stereocenters. The van der Waals surface area contributed by atoms with Gasteiger partial charge in [-0.2, -0.15) is 0 Å². The molecule has 0 radical (unpaired) electrons. The molecule has 2 amide bonds. The van der Waals surface area contributed by atoms with E-state index in [1.54, 1.807) is 20.8 Å².